The molecule has 2 heteroatoms. The maximum atomic E-state index is 4.15. The fourth-order valence-corrected chi connectivity index (χ4v) is 4.45. The van der Waals surface area contributed by atoms with Crippen molar-refractivity contribution in [1.82, 2.24) is 0 Å². The van der Waals surface area contributed by atoms with Gasteiger partial charge in [0.1, 0.15) is 0 Å². The lowest BCUT2D eigenvalue weighted by atomic mass is 10.0. The summed E-state index contributed by atoms with van der Waals surface area (Å²) in [6.45, 7) is 6.31. The van der Waals surface area contributed by atoms with Crippen molar-refractivity contribution in [1.29, 1.82) is 0 Å². The summed E-state index contributed by atoms with van der Waals surface area (Å²) in [7, 11) is 2.12. The van der Waals surface area contributed by atoms with E-state index in [1.54, 1.807) is 0 Å². The van der Waals surface area contributed by atoms with Gasteiger partial charge in [-0.3, -0.25) is 0 Å². The molecule has 0 aromatic heterocycles. The van der Waals surface area contributed by atoms with E-state index >= 15 is 0 Å². The zero-order valence-corrected chi connectivity index (χ0v) is 20.8. The summed E-state index contributed by atoms with van der Waals surface area (Å²) >= 11 is 0. The van der Waals surface area contributed by atoms with Gasteiger partial charge in [0.15, 0.2) is 0 Å². The number of anilines is 5. The molecule has 0 unspecified atom stereocenters. The van der Waals surface area contributed by atoms with E-state index in [-0.39, 0.29) is 0 Å². The molecule has 36 heavy (non-hydrogen) atoms. The zero-order valence-electron chi connectivity index (χ0n) is 20.8. The number of benzene rings is 5. The first-order chi connectivity index (χ1) is 17.6. The zero-order chi connectivity index (χ0) is 24.9. The first-order valence-corrected chi connectivity index (χ1v) is 12.2. The number of nitrogens with zero attached hydrogens (tertiary/aromatic N) is 2. The molecule has 0 radical (unpaired) electrons. The lowest BCUT2D eigenvalue weighted by Gasteiger charge is -2.26. The second-order valence-electron chi connectivity index (χ2n) is 8.97. The summed E-state index contributed by atoms with van der Waals surface area (Å²) in [5, 5.41) is 2.19. The van der Waals surface area contributed by atoms with Gasteiger partial charge in [-0.2, -0.15) is 0 Å². The Bertz CT molecular complexity index is 1520. The Morgan fingerprint density at radius 2 is 1.06 bits per heavy atom. The fourth-order valence-electron chi connectivity index (χ4n) is 4.45. The van der Waals surface area contributed by atoms with Gasteiger partial charge in [-0.25, -0.2) is 0 Å². The van der Waals surface area contributed by atoms with Gasteiger partial charge < -0.3 is 9.80 Å². The van der Waals surface area contributed by atoms with Gasteiger partial charge in [0.2, 0.25) is 0 Å². The van der Waals surface area contributed by atoms with Crippen LogP contribution in [0.15, 0.2) is 127 Å². The van der Waals surface area contributed by atoms with Crippen molar-refractivity contribution in [2.45, 2.75) is 6.92 Å². The van der Waals surface area contributed by atoms with E-state index in [0.29, 0.717) is 0 Å². The van der Waals surface area contributed by atoms with E-state index in [2.05, 4.69) is 140 Å². The summed E-state index contributed by atoms with van der Waals surface area (Å²) in [4.78, 5) is 4.50. The molecule has 0 aliphatic heterocycles. The molecule has 0 aliphatic carbocycles. The van der Waals surface area contributed by atoms with Crippen LogP contribution in [-0.2, 0) is 0 Å². The highest BCUT2D eigenvalue weighted by Gasteiger charge is 2.13. The van der Waals surface area contributed by atoms with Crippen molar-refractivity contribution < 1.29 is 0 Å². The molecule has 0 N–H and O–H groups in total. The van der Waals surface area contributed by atoms with Crippen LogP contribution in [0.3, 0.4) is 0 Å². The molecule has 0 spiro atoms. The normalized spacial score (nSPS) is 11.3. The smallest absolute Gasteiger partial charge is 0.0463 e. The van der Waals surface area contributed by atoms with E-state index in [4.69, 9.17) is 0 Å². The van der Waals surface area contributed by atoms with Crippen molar-refractivity contribution >= 4 is 41.1 Å². The Morgan fingerprint density at radius 1 is 0.556 bits per heavy atom. The van der Waals surface area contributed by atoms with Gasteiger partial charge in [-0.1, -0.05) is 73.3 Å². The maximum Gasteiger partial charge on any atom is 0.0463 e. The van der Waals surface area contributed by atoms with Crippen LogP contribution in [-0.4, -0.2) is 7.05 Å². The Labute approximate surface area is 213 Å². The topological polar surface area (TPSA) is 6.48 Å². The SMILES string of the molecule is C=c1cccc/c1=C/c1ccc(N(C)c2ccc(N(c3ccccc3)c3ccccc3)cc2)cc1C. The number of para-hydroxylation sites is 2. The lowest BCUT2D eigenvalue weighted by Crippen LogP contribution is -2.21. The minimum Gasteiger partial charge on any atom is -0.345 e. The Morgan fingerprint density at radius 3 is 1.64 bits per heavy atom. The molecule has 0 atom stereocenters. The van der Waals surface area contributed by atoms with Gasteiger partial charge in [0, 0.05) is 35.5 Å². The maximum absolute atomic E-state index is 4.15. The monoisotopic (exact) mass is 466 g/mol. The van der Waals surface area contributed by atoms with E-state index in [0.717, 1.165) is 38.9 Å². The second-order valence-corrected chi connectivity index (χ2v) is 8.97. The molecule has 0 fully saturated rings. The Balaban J connectivity index is 1.43. The largest absolute Gasteiger partial charge is 0.345 e. The third kappa shape index (κ3) is 4.94. The van der Waals surface area contributed by atoms with Crippen LogP contribution in [0.4, 0.5) is 28.4 Å². The predicted octanol–water partition coefficient (Wildman–Crippen LogP) is 7.47. The Kier molecular flexibility index (Phi) is 6.68. The molecule has 0 heterocycles. The first kappa shape index (κ1) is 23.2. The van der Waals surface area contributed by atoms with Crippen LogP contribution in [0.2, 0.25) is 0 Å². The third-order valence-electron chi connectivity index (χ3n) is 6.53. The third-order valence-corrected chi connectivity index (χ3v) is 6.53. The summed E-state index contributed by atoms with van der Waals surface area (Å²) in [6, 6.07) is 44.5. The minimum atomic E-state index is 1.04. The molecule has 0 aliphatic rings. The quantitative estimate of drug-likeness (QED) is 0.256. The predicted molar refractivity (Wildman–Crippen MR) is 155 cm³/mol. The van der Waals surface area contributed by atoms with Gasteiger partial charge >= 0.3 is 0 Å². The van der Waals surface area contributed by atoms with Gasteiger partial charge in [-0.05, 0) is 95.2 Å². The van der Waals surface area contributed by atoms with Crippen molar-refractivity contribution in [3.63, 3.8) is 0 Å². The number of aryl methyl sites for hydroxylation is 1. The molecule has 5 aromatic rings. The molecule has 0 saturated heterocycles. The number of hydrogen-bond acceptors (Lipinski definition) is 2. The second kappa shape index (κ2) is 10.4. The van der Waals surface area contributed by atoms with E-state index in [1.165, 1.54) is 11.1 Å². The van der Waals surface area contributed by atoms with Crippen molar-refractivity contribution in [3.8, 4) is 0 Å². The van der Waals surface area contributed by atoms with Crippen molar-refractivity contribution in [2.75, 3.05) is 16.8 Å². The summed E-state index contributed by atoms with van der Waals surface area (Å²) < 4.78 is 0. The fraction of sp³-hybridized carbons (Fsp3) is 0.0588. The molecule has 5 aromatic carbocycles. The van der Waals surface area contributed by atoms with Gasteiger partial charge in [0.05, 0.1) is 0 Å². The number of hydrogen-bond donors (Lipinski definition) is 0. The molecular weight excluding hydrogens is 436 g/mol. The summed E-state index contributed by atoms with van der Waals surface area (Å²) in [5.41, 5.74) is 8.13. The van der Waals surface area contributed by atoms with Crippen LogP contribution in [0.1, 0.15) is 11.1 Å². The van der Waals surface area contributed by atoms with Crippen LogP contribution in [0.5, 0.6) is 0 Å². The van der Waals surface area contributed by atoms with Gasteiger partial charge in [0.25, 0.3) is 0 Å². The summed E-state index contributed by atoms with van der Waals surface area (Å²) in [5.74, 6) is 0. The van der Waals surface area contributed by atoms with Crippen LogP contribution < -0.4 is 20.2 Å². The van der Waals surface area contributed by atoms with Crippen LogP contribution in [0.25, 0.3) is 12.7 Å². The first-order valence-electron chi connectivity index (χ1n) is 12.2. The van der Waals surface area contributed by atoms with E-state index in [9.17, 15) is 0 Å². The molecule has 0 amide bonds. The highest BCUT2D eigenvalue weighted by molar-refractivity contribution is 5.78. The van der Waals surface area contributed by atoms with Crippen LogP contribution in [0, 0.1) is 6.92 Å². The van der Waals surface area contributed by atoms with Crippen molar-refractivity contribution in [2.24, 2.45) is 0 Å². The average Bonchev–Trinajstić information content (AvgIpc) is 2.92. The van der Waals surface area contributed by atoms with Crippen LogP contribution >= 0.6 is 0 Å². The Hall–Kier alpha value is -4.56. The molecular formula is C34H30N2. The van der Waals surface area contributed by atoms with E-state index in [1.807, 2.05) is 24.3 Å². The van der Waals surface area contributed by atoms with Gasteiger partial charge in [-0.15, -0.1) is 0 Å². The molecule has 176 valence electrons. The average molecular weight is 467 g/mol. The highest BCUT2D eigenvalue weighted by Crippen LogP contribution is 2.35. The highest BCUT2D eigenvalue weighted by atomic mass is 15.1. The standard InChI is InChI=1S/C34H30N2/c1-26-12-10-11-13-28(26)25-29-18-19-34(24-27(29)2)35(3)30-20-22-33(23-21-30)36(31-14-6-4-7-15-31)32-16-8-5-9-17-32/h4-25H,1H2,2-3H3/b28-25-. The molecule has 0 saturated carbocycles. The minimum absolute atomic E-state index is 1.04. The van der Waals surface area contributed by atoms with E-state index < -0.39 is 0 Å². The molecule has 2 nitrogen and oxygen atoms in total. The molecule has 0 bridgehead atoms. The lowest BCUT2D eigenvalue weighted by molar-refractivity contribution is 1.19. The molecule has 5 rings (SSSR count). The summed E-state index contributed by atoms with van der Waals surface area (Å²) in [6.07, 6.45) is 2.21. The van der Waals surface area contributed by atoms with Crippen molar-refractivity contribution in [3.05, 3.63) is 149 Å². The number of rotatable bonds is 6.